The zero-order valence-electron chi connectivity index (χ0n) is 9.08. The summed E-state index contributed by atoms with van der Waals surface area (Å²) in [4.78, 5) is 5.10. The standard InChI is InChI=1S/C11H21ClN2/c1-13-6-2-3-11(13)9-14-7-4-10(12)5-8-14/h10-11H,2-9H2,1H3. The maximum atomic E-state index is 6.09. The Bertz CT molecular complexity index is 178. The van der Waals surface area contributed by atoms with Crippen molar-refractivity contribution in [1.29, 1.82) is 0 Å². The Morgan fingerprint density at radius 1 is 1.14 bits per heavy atom. The molecule has 0 saturated carbocycles. The van der Waals surface area contributed by atoms with Gasteiger partial charge in [-0.1, -0.05) is 0 Å². The molecule has 0 radical (unpaired) electrons. The Kier molecular flexibility index (Phi) is 3.69. The lowest BCUT2D eigenvalue weighted by atomic mass is 10.1. The summed E-state index contributed by atoms with van der Waals surface area (Å²) in [5, 5.41) is 0.438. The summed E-state index contributed by atoms with van der Waals surface area (Å²) in [6, 6.07) is 0.807. The number of alkyl halides is 1. The largest absolute Gasteiger partial charge is 0.302 e. The van der Waals surface area contributed by atoms with E-state index in [-0.39, 0.29) is 0 Å². The van der Waals surface area contributed by atoms with Crippen LogP contribution in [0.2, 0.25) is 0 Å². The third-order valence-corrected chi connectivity index (χ3v) is 4.09. The smallest absolute Gasteiger partial charge is 0.0360 e. The molecule has 2 nitrogen and oxygen atoms in total. The number of nitrogens with zero attached hydrogens (tertiary/aromatic N) is 2. The summed E-state index contributed by atoms with van der Waals surface area (Å²) < 4.78 is 0. The van der Waals surface area contributed by atoms with Gasteiger partial charge in [0, 0.05) is 18.0 Å². The number of likely N-dealkylation sites (tertiary alicyclic amines) is 2. The molecule has 0 N–H and O–H groups in total. The second-order valence-corrected chi connectivity index (χ2v) is 5.37. The molecule has 2 saturated heterocycles. The highest BCUT2D eigenvalue weighted by molar-refractivity contribution is 6.20. The molecule has 2 rings (SSSR count). The van der Waals surface area contributed by atoms with Crippen molar-refractivity contribution in [3.63, 3.8) is 0 Å². The number of rotatable bonds is 2. The molecule has 2 aliphatic heterocycles. The molecular weight excluding hydrogens is 196 g/mol. The lowest BCUT2D eigenvalue weighted by Crippen LogP contribution is -2.42. The van der Waals surface area contributed by atoms with E-state index in [1.54, 1.807) is 0 Å². The zero-order valence-corrected chi connectivity index (χ0v) is 9.84. The summed E-state index contributed by atoms with van der Waals surface area (Å²) in [7, 11) is 2.26. The number of halogens is 1. The molecular formula is C11H21ClN2. The lowest BCUT2D eigenvalue weighted by Gasteiger charge is -2.33. The maximum absolute atomic E-state index is 6.09. The van der Waals surface area contributed by atoms with Gasteiger partial charge < -0.3 is 9.80 Å². The normalized spacial score (nSPS) is 32.6. The van der Waals surface area contributed by atoms with Gasteiger partial charge in [0.05, 0.1) is 0 Å². The van der Waals surface area contributed by atoms with Crippen molar-refractivity contribution >= 4 is 11.6 Å². The molecule has 82 valence electrons. The molecule has 0 spiro atoms. The Morgan fingerprint density at radius 3 is 2.43 bits per heavy atom. The van der Waals surface area contributed by atoms with Crippen LogP contribution in [-0.2, 0) is 0 Å². The zero-order chi connectivity index (χ0) is 9.97. The van der Waals surface area contributed by atoms with Crippen LogP contribution in [0.1, 0.15) is 25.7 Å². The van der Waals surface area contributed by atoms with Crippen molar-refractivity contribution in [3.05, 3.63) is 0 Å². The van der Waals surface area contributed by atoms with Gasteiger partial charge in [-0.25, -0.2) is 0 Å². The average molecular weight is 217 g/mol. The van der Waals surface area contributed by atoms with Crippen molar-refractivity contribution in [2.24, 2.45) is 0 Å². The second kappa shape index (κ2) is 4.82. The van der Waals surface area contributed by atoms with E-state index in [9.17, 15) is 0 Å². The van der Waals surface area contributed by atoms with Crippen LogP contribution in [0.25, 0.3) is 0 Å². The van der Waals surface area contributed by atoms with Crippen LogP contribution in [-0.4, -0.2) is 54.4 Å². The van der Waals surface area contributed by atoms with Crippen molar-refractivity contribution in [1.82, 2.24) is 9.80 Å². The molecule has 1 atom stereocenters. The van der Waals surface area contributed by atoms with Gasteiger partial charge in [-0.2, -0.15) is 0 Å². The SMILES string of the molecule is CN1CCCC1CN1CCC(Cl)CC1. The lowest BCUT2D eigenvalue weighted by molar-refractivity contribution is 0.171. The van der Waals surface area contributed by atoms with Gasteiger partial charge in [-0.05, 0) is 52.4 Å². The van der Waals surface area contributed by atoms with Crippen molar-refractivity contribution in [2.45, 2.75) is 37.1 Å². The fraction of sp³-hybridized carbons (Fsp3) is 1.00. The predicted molar refractivity (Wildman–Crippen MR) is 61.0 cm³/mol. The summed E-state index contributed by atoms with van der Waals surface area (Å²) in [5.74, 6) is 0. The third kappa shape index (κ3) is 2.62. The Hall–Kier alpha value is 0.210. The molecule has 0 aliphatic carbocycles. The number of likely N-dealkylation sites (N-methyl/N-ethyl adjacent to an activating group) is 1. The molecule has 0 aromatic carbocycles. The fourth-order valence-corrected chi connectivity index (χ4v) is 2.79. The molecule has 3 heteroatoms. The molecule has 14 heavy (non-hydrogen) atoms. The van der Waals surface area contributed by atoms with Gasteiger partial charge in [-0.3, -0.25) is 0 Å². The maximum Gasteiger partial charge on any atom is 0.0360 e. The van der Waals surface area contributed by atoms with Crippen LogP contribution in [0.5, 0.6) is 0 Å². The van der Waals surface area contributed by atoms with E-state index in [1.165, 1.54) is 51.9 Å². The molecule has 1 unspecified atom stereocenters. The third-order valence-electron chi connectivity index (χ3n) is 3.66. The Balaban J connectivity index is 1.74. The summed E-state index contributed by atoms with van der Waals surface area (Å²) in [5.41, 5.74) is 0. The first-order chi connectivity index (χ1) is 6.75. The predicted octanol–water partition coefficient (Wildman–Crippen LogP) is 1.78. The van der Waals surface area contributed by atoms with Crippen LogP contribution in [0.15, 0.2) is 0 Å². The first-order valence-corrected chi connectivity index (χ1v) is 6.26. The molecule has 2 aliphatic rings. The van der Waals surface area contributed by atoms with Crippen LogP contribution in [0.4, 0.5) is 0 Å². The minimum atomic E-state index is 0.438. The first kappa shape index (κ1) is 10.7. The van der Waals surface area contributed by atoms with Crippen LogP contribution >= 0.6 is 11.6 Å². The van der Waals surface area contributed by atoms with Crippen molar-refractivity contribution in [2.75, 3.05) is 33.2 Å². The first-order valence-electron chi connectivity index (χ1n) is 5.82. The highest BCUT2D eigenvalue weighted by Gasteiger charge is 2.25. The monoisotopic (exact) mass is 216 g/mol. The van der Waals surface area contributed by atoms with E-state index in [0.717, 1.165) is 6.04 Å². The van der Waals surface area contributed by atoms with E-state index >= 15 is 0 Å². The van der Waals surface area contributed by atoms with E-state index in [1.807, 2.05) is 0 Å². The van der Waals surface area contributed by atoms with E-state index in [4.69, 9.17) is 11.6 Å². The van der Waals surface area contributed by atoms with Gasteiger partial charge >= 0.3 is 0 Å². The molecule has 0 amide bonds. The quantitative estimate of drug-likeness (QED) is 0.650. The van der Waals surface area contributed by atoms with Gasteiger partial charge in [0.1, 0.15) is 0 Å². The number of hydrogen-bond donors (Lipinski definition) is 0. The van der Waals surface area contributed by atoms with E-state index < -0.39 is 0 Å². The van der Waals surface area contributed by atoms with Crippen LogP contribution < -0.4 is 0 Å². The molecule has 0 bridgehead atoms. The second-order valence-electron chi connectivity index (χ2n) is 4.75. The van der Waals surface area contributed by atoms with E-state index in [2.05, 4.69) is 16.8 Å². The summed E-state index contributed by atoms with van der Waals surface area (Å²) >= 11 is 6.09. The van der Waals surface area contributed by atoms with Gasteiger partial charge in [0.25, 0.3) is 0 Å². The van der Waals surface area contributed by atoms with E-state index in [0.29, 0.717) is 5.38 Å². The number of piperidine rings is 1. The van der Waals surface area contributed by atoms with Gasteiger partial charge in [-0.15, -0.1) is 11.6 Å². The summed E-state index contributed by atoms with van der Waals surface area (Å²) in [6.45, 7) is 4.97. The van der Waals surface area contributed by atoms with Gasteiger partial charge in [0.15, 0.2) is 0 Å². The fourth-order valence-electron chi connectivity index (χ4n) is 2.59. The van der Waals surface area contributed by atoms with Crippen LogP contribution in [0.3, 0.4) is 0 Å². The Morgan fingerprint density at radius 2 is 1.86 bits per heavy atom. The molecule has 0 aromatic heterocycles. The highest BCUT2D eigenvalue weighted by Crippen LogP contribution is 2.20. The number of hydrogen-bond acceptors (Lipinski definition) is 2. The van der Waals surface area contributed by atoms with Crippen molar-refractivity contribution in [3.8, 4) is 0 Å². The molecule has 2 fully saturated rings. The minimum absolute atomic E-state index is 0.438. The summed E-state index contributed by atoms with van der Waals surface area (Å²) in [6.07, 6.45) is 5.13. The highest BCUT2D eigenvalue weighted by atomic mass is 35.5. The molecule has 2 heterocycles. The topological polar surface area (TPSA) is 6.48 Å². The molecule has 0 aromatic rings. The van der Waals surface area contributed by atoms with Crippen molar-refractivity contribution < 1.29 is 0 Å². The average Bonchev–Trinajstić information content (AvgIpc) is 2.56. The van der Waals surface area contributed by atoms with Gasteiger partial charge in [0.2, 0.25) is 0 Å². The van der Waals surface area contributed by atoms with Crippen LogP contribution in [0, 0.1) is 0 Å². The minimum Gasteiger partial charge on any atom is -0.302 e. The Labute approximate surface area is 92.2 Å².